The normalized spacial score (nSPS) is 19.3. The standard InChI is InChI=1S/C29H32F2N6/c1-3-37-12-8-19(9-13-37)20-6-7-25(32-16-20)35-28-33-17-24(31)26(36-28)21-14-22-27(23(30)15-21)34-18(2)29(22)10-4-5-11-29/h6-7,14-17,19H,3-5,8-13H2,1-2H3,(H,32,33,35,36). The zero-order chi connectivity index (χ0) is 25.6. The average molecular weight is 503 g/mol. The number of nitrogens with one attached hydrogen (secondary N) is 1. The second kappa shape index (κ2) is 9.56. The molecular weight excluding hydrogens is 470 g/mol. The van der Waals surface area contributed by atoms with E-state index in [1.807, 2.05) is 25.3 Å². The molecule has 1 spiro atoms. The Kier molecular flexibility index (Phi) is 6.23. The number of hydrogen-bond acceptors (Lipinski definition) is 6. The summed E-state index contributed by atoms with van der Waals surface area (Å²) in [5.41, 5.74) is 3.65. The minimum atomic E-state index is -0.595. The molecule has 192 valence electrons. The van der Waals surface area contributed by atoms with Gasteiger partial charge in [-0.1, -0.05) is 25.8 Å². The van der Waals surface area contributed by atoms with Crippen molar-refractivity contribution in [2.24, 2.45) is 4.99 Å². The van der Waals surface area contributed by atoms with Crippen LogP contribution in [0.25, 0.3) is 11.3 Å². The molecule has 1 saturated carbocycles. The lowest BCUT2D eigenvalue weighted by Gasteiger charge is -2.31. The number of anilines is 2. The van der Waals surface area contributed by atoms with E-state index in [1.54, 1.807) is 0 Å². The summed E-state index contributed by atoms with van der Waals surface area (Å²) < 4.78 is 30.1. The minimum absolute atomic E-state index is 0.0659. The second-order valence-corrected chi connectivity index (χ2v) is 10.5. The van der Waals surface area contributed by atoms with Gasteiger partial charge in [0.05, 0.1) is 6.20 Å². The number of nitrogens with zero attached hydrogens (tertiary/aromatic N) is 5. The quantitative estimate of drug-likeness (QED) is 0.422. The number of hydrogen-bond donors (Lipinski definition) is 1. The summed E-state index contributed by atoms with van der Waals surface area (Å²) in [5, 5.41) is 3.09. The molecule has 0 bridgehead atoms. The lowest BCUT2D eigenvalue weighted by atomic mass is 9.76. The van der Waals surface area contributed by atoms with Crippen LogP contribution in [0.1, 0.15) is 69.4 Å². The molecule has 1 saturated heterocycles. The van der Waals surface area contributed by atoms with Gasteiger partial charge in [-0.05, 0) is 87.5 Å². The second-order valence-electron chi connectivity index (χ2n) is 10.5. The Morgan fingerprint density at radius 2 is 1.81 bits per heavy atom. The van der Waals surface area contributed by atoms with Crippen LogP contribution in [0.2, 0.25) is 0 Å². The highest BCUT2D eigenvalue weighted by Crippen LogP contribution is 2.52. The fourth-order valence-electron chi connectivity index (χ4n) is 6.34. The van der Waals surface area contributed by atoms with Crippen LogP contribution in [0.3, 0.4) is 0 Å². The summed E-state index contributed by atoms with van der Waals surface area (Å²) in [6.45, 7) is 7.50. The zero-order valence-electron chi connectivity index (χ0n) is 21.4. The van der Waals surface area contributed by atoms with Gasteiger partial charge in [0.15, 0.2) is 5.82 Å². The van der Waals surface area contributed by atoms with Gasteiger partial charge in [0, 0.05) is 22.9 Å². The van der Waals surface area contributed by atoms with Gasteiger partial charge < -0.3 is 10.2 Å². The van der Waals surface area contributed by atoms with Crippen molar-refractivity contribution in [1.29, 1.82) is 0 Å². The predicted molar refractivity (Wildman–Crippen MR) is 142 cm³/mol. The van der Waals surface area contributed by atoms with E-state index in [0.717, 1.165) is 75.6 Å². The largest absolute Gasteiger partial charge is 0.309 e. The molecule has 0 amide bonds. The SMILES string of the molecule is CCN1CCC(c2ccc(Nc3ncc(F)c(-c4cc(F)c5c(c4)C4(CCCC4)C(C)=N5)n3)nc2)CC1. The zero-order valence-corrected chi connectivity index (χ0v) is 21.4. The van der Waals surface area contributed by atoms with Gasteiger partial charge in [0.25, 0.3) is 0 Å². The fraction of sp³-hybridized carbons (Fsp3) is 0.448. The highest BCUT2D eigenvalue weighted by atomic mass is 19.1. The van der Waals surface area contributed by atoms with E-state index < -0.39 is 11.6 Å². The maximum Gasteiger partial charge on any atom is 0.229 e. The van der Waals surface area contributed by atoms with Gasteiger partial charge in [0.1, 0.15) is 23.0 Å². The third kappa shape index (κ3) is 4.31. The first kappa shape index (κ1) is 24.1. The van der Waals surface area contributed by atoms with Gasteiger partial charge in [-0.2, -0.15) is 0 Å². The number of fused-ring (bicyclic) bond motifs is 2. The van der Waals surface area contributed by atoms with Crippen molar-refractivity contribution in [3.05, 3.63) is 59.4 Å². The van der Waals surface area contributed by atoms with Gasteiger partial charge in [0.2, 0.25) is 5.95 Å². The highest BCUT2D eigenvalue weighted by Gasteiger charge is 2.44. The number of aromatic nitrogens is 3. The molecule has 3 aromatic rings. The molecule has 37 heavy (non-hydrogen) atoms. The highest BCUT2D eigenvalue weighted by molar-refractivity contribution is 6.01. The van der Waals surface area contributed by atoms with Crippen LogP contribution in [0.5, 0.6) is 0 Å². The van der Waals surface area contributed by atoms with Crippen molar-refractivity contribution in [1.82, 2.24) is 19.9 Å². The van der Waals surface area contributed by atoms with E-state index >= 15 is 4.39 Å². The van der Waals surface area contributed by atoms with E-state index in [-0.39, 0.29) is 17.1 Å². The maximum absolute atomic E-state index is 15.2. The van der Waals surface area contributed by atoms with Crippen molar-refractivity contribution >= 4 is 23.2 Å². The summed E-state index contributed by atoms with van der Waals surface area (Å²) in [4.78, 5) is 20.1. The topological polar surface area (TPSA) is 66.3 Å². The number of piperidine rings is 1. The molecule has 1 N–H and O–H groups in total. The number of benzene rings is 1. The van der Waals surface area contributed by atoms with Crippen molar-refractivity contribution in [2.75, 3.05) is 25.0 Å². The molecule has 6 rings (SSSR count). The Bertz CT molecular complexity index is 1340. The first-order chi connectivity index (χ1) is 18.0. The van der Waals surface area contributed by atoms with Gasteiger partial charge in [-0.3, -0.25) is 4.99 Å². The molecule has 0 radical (unpaired) electrons. The number of rotatable bonds is 5. The van der Waals surface area contributed by atoms with Gasteiger partial charge in [-0.25, -0.2) is 23.7 Å². The van der Waals surface area contributed by atoms with Crippen LogP contribution in [-0.2, 0) is 5.41 Å². The third-order valence-electron chi connectivity index (χ3n) is 8.56. The maximum atomic E-state index is 15.2. The summed E-state index contributed by atoms with van der Waals surface area (Å²) in [6.07, 6.45) is 9.34. The van der Waals surface area contributed by atoms with Gasteiger partial charge >= 0.3 is 0 Å². The predicted octanol–water partition coefficient (Wildman–Crippen LogP) is 6.68. The van der Waals surface area contributed by atoms with Crippen LogP contribution in [0.4, 0.5) is 26.2 Å². The molecule has 1 aromatic carbocycles. The molecule has 2 aliphatic heterocycles. The van der Waals surface area contributed by atoms with E-state index in [9.17, 15) is 4.39 Å². The first-order valence-corrected chi connectivity index (χ1v) is 13.3. The van der Waals surface area contributed by atoms with Gasteiger partial charge in [-0.15, -0.1) is 0 Å². The summed E-state index contributed by atoms with van der Waals surface area (Å²) in [7, 11) is 0. The van der Waals surface area contributed by atoms with E-state index in [1.165, 1.54) is 11.6 Å². The van der Waals surface area contributed by atoms with Crippen molar-refractivity contribution in [2.45, 2.75) is 63.7 Å². The molecule has 4 heterocycles. The Hall–Kier alpha value is -3.26. The summed E-state index contributed by atoms with van der Waals surface area (Å²) >= 11 is 0. The lowest BCUT2D eigenvalue weighted by Crippen LogP contribution is -2.32. The Labute approximate surface area is 216 Å². The monoisotopic (exact) mass is 502 g/mol. The molecule has 2 fully saturated rings. The van der Waals surface area contributed by atoms with Crippen LogP contribution in [-0.4, -0.2) is 45.2 Å². The molecule has 8 heteroatoms. The van der Waals surface area contributed by atoms with Crippen molar-refractivity contribution in [3.8, 4) is 11.3 Å². The van der Waals surface area contributed by atoms with E-state index in [2.05, 4.69) is 43.2 Å². The Morgan fingerprint density at radius 1 is 1.03 bits per heavy atom. The molecule has 0 unspecified atom stereocenters. The van der Waals surface area contributed by atoms with Crippen molar-refractivity contribution < 1.29 is 8.78 Å². The van der Waals surface area contributed by atoms with Crippen LogP contribution in [0.15, 0.2) is 41.7 Å². The van der Waals surface area contributed by atoms with Crippen LogP contribution >= 0.6 is 0 Å². The fourth-order valence-corrected chi connectivity index (χ4v) is 6.34. The molecular formula is C29H32F2N6. The lowest BCUT2D eigenvalue weighted by molar-refractivity contribution is 0.222. The first-order valence-electron chi connectivity index (χ1n) is 13.3. The Morgan fingerprint density at radius 3 is 2.51 bits per heavy atom. The van der Waals surface area contributed by atoms with Crippen LogP contribution in [0, 0.1) is 11.6 Å². The smallest absolute Gasteiger partial charge is 0.229 e. The molecule has 1 aliphatic carbocycles. The van der Waals surface area contributed by atoms with E-state index in [0.29, 0.717) is 23.0 Å². The minimum Gasteiger partial charge on any atom is -0.309 e. The summed E-state index contributed by atoms with van der Waals surface area (Å²) in [5.74, 6) is 0.287. The van der Waals surface area contributed by atoms with E-state index in [4.69, 9.17) is 0 Å². The average Bonchev–Trinajstić information content (AvgIpc) is 3.52. The third-order valence-corrected chi connectivity index (χ3v) is 8.56. The number of likely N-dealkylation sites (tertiary alicyclic amines) is 1. The molecule has 6 nitrogen and oxygen atoms in total. The molecule has 2 aromatic heterocycles. The van der Waals surface area contributed by atoms with Crippen molar-refractivity contribution in [3.63, 3.8) is 0 Å². The Balaban J connectivity index is 1.24. The number of halogens is 2. The number of pyridine rings is 1. The van der Waals surface area contributed by atoms with Crippen LogP contribution < -0.4 is 5.32 Å². The molecule has 0 atom stereocenters. The number of aliphatic imine (C=N–C) groups is 1. The molecule has 3 aliphatic rings. The summed E-state index contributed by atoms with van der Waals surface area (Å²) in [6, 6.07) is 7.20.